The van der Waals surface area contributed by atoms with Crippen LogP contribution in [0.15, 0.2) is 53.3 Å². The van der Waals surface area contributed by atoms with Crippen molar-refractivity contribution in [3.63, 3.8) is 0 Å². The second kappa shape index (κ2) is 8.97. The predicted octanol–water partition coefficient (Wildman–Crippen LogP) is 3.86. The summed E-state index contributed by atoms with van der Waals surface area (Å²) < 4.78 is 0. The first-order chi connectivity index (χ1) is 13.1. The molecule has 0 aliphatic heterocycles. The van der Waals surface area contributed by atoms with E-state index < -0.39 is 0 Å². The van der Waals surface area contributed by atoms with Crippen molar-refractivity contribution in [3.05, 3.63) is 75.3 Å². The largest absolute Gasteiger partial charge is 0.358 e. The van der Waals surface area contributed by atoms with Crippen molar-refractivity contribution in [1.82, 2.24) is 20.2 Å². The minimum Gasteiger partial charge on any atom is -0.358 e. The van der Waals surface area contributed by atoms with Crippen molar-refractivity contribution in [1.29, 1.82) is 0 Å². The normalized spacial score (nSPS) is 10.7. The number of aromatic amines is 1. The van der Waals surface area contributed by atoms with E-state index in [4.69, 9.17) is 23.8 Å². The van der Waals surface area contributed by atoms with E-state index in [1.165, 1.54) is 0 Å². The lowest BCUT2D eigenvalue weighted by atomic mass is 10.2. The van der Waals surface area contributed by atoms with Gasteiger partial charge < -0.3 is 15.2 Å². The number of nitrogens with one attached hydrogen (secondary N) is 2. The highest BCUT2D eigenvalue weighted by Gasteiger charge is 2.12. The number of hydrogen-bond acceptors (Lipinski definition) is 3. The molecular weight excluding hydrogens is 380 g/mol. The molecule has 0 aliphatic rings. The second-order valence-electron chi connectivity index (χ2n) is 6.24. The Balaban J connectivity index is 1.76. The number of hydrogen-bond donors (Lipinski definition) is 2. The van der Waals surface area contributed by atoms with Crippen LogP contribution in [0.3, 0.4) is 0 Å². The van der Waals surface area contributed by atoms with E-state index in [-0.39, 0.29) is 5.56 Å². The van der Waals surface area contributed by atoms with Crippen molar-refractivity contribution < 1.29 is 0 Å². The van der Waals surface area contributed by atoms with Crippen LogP contribution < -0.4 is 10.9 Å². The molecular formula is C20H21ClN4OS. The molecule has 0 spiro atoms. The summed E-state index contributed by atoms with van der Waals surface area (Å²) in [6.45, 7) is 3.92. The van der Waals surface area contributed by atoms with Crippen molar-refractivity contribution in [3.8, 4) is 0 Å². The van der Waals surface area contributed by atoms with Crippen molar-refractivity contribution in [2.24, 2.45) is 0 Å². The molecule has 0 atom stereocenters. The third kappa shape index (κ3) is 5.05. The maximum absolute atomic E-state index is 12.3. The fraction of sp³-hybridized carbons (Fsp3) is 0.250. The lowest BCUT2D eigenvalue weighted by Crippen LogP contribution is -2.40. The number of fused-ring (bicyclic) bond motifs is 1. The minimum atomic E-state index is -0.175. The number of thiocarbonyl (C=S) groups is 1. The smallest absolute Gasteiger partial charge is 0.258 e. The molecule has 3 rings (SSSR count). The van der Waals surface area contributed by atoms with E-state index in [1.807, 2.05) is 35.2 Å². The van der Waals surface area contributed by atoms with Crippen LogP contribution >= 0.6 is 23.8 Å². The molecule has 27 heavy (non-hydrogen) atoms. The van der Waals surface area contributed by atoms with Gasteiger partial charge in [-0.05, 0) is 42.4 Å². The molecule has 0 amide bonds. The second-order valence-corrected chi connectivity index (χ2v) is 7.06. The van der Waals surface area contributed by atoms with Crippen LogP contribution in [-0.4, -0.2) is 26.5 Å². The number of H-pyrrole nitrogens is 1. The minimum absolute atomic E-state index is 0.175. The lowest BCUT2D eigenvalue weighted by Gasteiger charge is -2.25. The Labute approximate surface area is 168 Å². The van der Waals surface area contributed by atoms with Gasteiger partial charge in [-0.25, -0.2) is 4.98 Å². The molecule has 1 heterocycles. The van der Waals surface area contributed by atoms with Gasteiger partial charge in [0.1, 0.15) is 5.82 Å². The van der Waals surface area contributed by atoms with E-state index >= 15 is 0 Å². The molecule has 0 fully saturated rings. The van der Waals surface area contributed by atoms with Crippen molar-refractivity contribution in [2.75, 3.05) is 6.54 Å². The predicted molar refractivity (Wildman–Crippen MR) is 114 cm³/mol. The van der Waals surface area contributed by atoms with Gasteiger partial charge in [-0.1, -0.05) is 48.9 Å². The number of rotatable bonds is 6. The van der Waals surface area contributed by atoms with Crippen molar-refractivity contribution >= 4 is 39.8 Å². The van der Waals surface area contributed by atoms with Gasteiger partial charge in [0.25, 0.3) is 5.56 Å². The topological polar surface area (TPSA) is 61.0 Å². The number of halogens is 1. The molecule has 1 aromatic heterocycles. The van der Waals surface area contributed by atoms with Crippen molar-refractivity contribution in [2.45, 2.75) is 26.4 Å². The van der Waals surface area contributed by atoms with Gasteiger partial charge in [-0.15, -0.1) is 0 Å². The molecule has 3 aromatic rings. The lowest BCUT2D eigenvalue weighted by molar-refractivity contribution is 0.394. The van der Waals surface area contributed by atoms with E-state index in [0.717, 1.165) is 18.5 Å². The van der Waals surface area contributed by atoms with Crippen LogP contribution in [0.4, 0.5) is 0 Å². The van der Waals surface area contributed by atoms with Crippen LogP contribution in [0.1, 0.15) is 24.7 Å². The first-order valence-corrected chi connectivity index (χ1v) is 9.60. The average molecular weight is 401 g/mol. The molecule has 0 aliphatic carbocycles. The zero-order valence-corrected chi connectivity index (χ0v) is 16.6. The quantitative estimate of drug-likeness (QED) is 0.615. The SMILES string of the molecule is CCCN(Cc1nc2cc(Cl)ccc2c(=O)[nH]1)C(=S)NCc1ccccc1. The van der Waals surface area contributed by atoms with Crippen LogP contribution in [0.25, 0.3) is 10.9 Å². The molecule has 7 heteroatoms. The van der Waals surface area contributed by atoms with Gasteiger partial charge in [0.15, 0.2) is 5.11 Å². The summed E-state index contributed by atoms with van der Waals surface area (Å²) in [4.78, 5) is 21.7. The Morgan fingerprint density at radius 2 is 2.04 bits per heavy atom. The monoisotopic (exact) mass is 400 g/mol. The third-order valence-electron chi connectivity index (χ3n) is 4.13. The Morgan fingerprint density at radius 1 is 1.26 bits per heavy atom. The fourth-order valence-electron chi connectivity index (χ4n) is 2.82. The number of aromatic nitrogens is 2. The summed E-state index contributed by atoms with van der Waals surface area (Å²) in [6.07, 6.45) is 0.927. The first-order valence-electron chi connectivity index (χ1n) is 8.82. The molecule has 140 valence electrons. The maximum Gasteiger partial charge on any atom is 0.258 e. The molecule has 0 saturated carbocycles. The summed E-state index contributed by atoms with van der Waals surface area (Å²) >= 11 is 11.6. The van der Waals surface area contributed by atoms with Gasteiger partial charge in [0, 0.05) is 18.1 Å². The molecule has 0 bridgehead atoms. The molecule has 0 saturated heterocycles. The van der Waals surface area contributed by atoms with Gasteiger partial charge in [0.05, 0.1) is 17.4 Å². The molecule has 0 radical (unpaired) electrons. The molecule has 2 aromatic carbocycles. The van der Waals surface area contributed by atoms with Crippen LogP contribution in [0.2, 0.25) is 5.02 Å². The highest BCUT2D eigenvalue weighted by Crippen LogP contribution is 2.15. The average Bonchev–Trinajstić information content (AvgIpc) is 2.66. The summed E-state index contributed by atoms with van der Waals surface area (Å²) in [5, 5.41) is 4.99. The van der Waals surface area contributed by atoms with Gasteiger partial charge >= 0.3 is 0 Å². The number of benzene rings is 2. The zero-order valence-electron chi connectivity index (χ0n) is 15.0. The van der Waals surface area contributed by atoms with Gasteiger partial charge in [-0.2, -0.15) is 0 Å². The number of nitrogens with zero attached hydrogens (tertiary/aromatic N) is 2. The van der Waals surface area contributed by atoms with E-state index in [1.54, 1.807) is 18.2 Å². The summed E-state index contributed by atoms with van der Waals surface area (Å²) in [5.41, 5.74) is 1.57. The third-order valence-corrected chi connectivity index (χ3v) is 4.76. The Bertz CT molecular complexity index is 990. The molecule has 0 unspecified atom stereocenters. The highest BCUT2D eigenvalue weighted by atomic mass is 35.5. The Kier molecular flexibility index (Phi) is 6.42. The van der Waals surface area contributed by atoms with Crippen LogP contribution in [-0.2, 0) is 13.1 Å². The zero-order chi connectivity index (χ0) is 19.2. The molecule has 2 N–H and O–H groups in total. The molecule has 5 nitrogen and oxygen atoms in total. The summed E-state index contributed by atoms with van der Waals surface area (Å²) in [5.74, 6) is 0.562. The Morgan fingerprint density at radius 3 is 2.78 bits per heavy atom. The van der Waals surface area contributed by atoms with Crippen LogP contribution in [0.5, 0.6) is 0 Å². The fourth-order valence-corrected chi connectivity index (χ4v) is 3.22. The summed E-state index contributed by atoms with van der Waals surface area (Å²) in [6, 6.07) is 15.1. The van der Waals surface area contributed by atoms with E-state index in [2.05, 4.69) is 22.2 Å². The van der Waals surface area contributed by atoms with Gasteiger partial charge in [0.2, 0.25) is 0 Å². The van der Waals surface area contributed by atoms with E-state index in [9.17, 15) is 4.79 Å². The standard InChI is InChI=1S/C20H21ClN4OS/c1-2-10-25(20(27)22-12-14-6-4-3-5-7-14)13-18-23-17-11-15(21)8-9-16(17)19(26)24-18/h3-9,11H,2,10,12-13H2,1H3,(H,22,27)(H,23,24,26). The summed E-state index contributed by atoms with van der Waals surface area (Å²) in [7, 11) is 0. The van der Waals surface area contributed by atoms with Gasteiger partial charge in [-0.3, -0.25) is 4.79 Å². The Hall–Kier alpha value is -2.44. The van der Waals surface area contributed by atoms with Crippen LogP contribution in [0, 0.1) is 0 Å². The maximum atomic E-state index is 12.3. The first kappa shape index (κ1) is 19.3. The van der Waals surface area contributed by atoms with E-state index in [0.29, 0.717) is 40.0 Å². The highest BCUT2D eigenvalue weighted by molar-refractivity contribution is 7.80.